The lowest BCUT2D eigenvalue weighted by atomic mass is 9.77. The summed E-state index contributed by atoms with van der Waals surface area (Å²) in [6.45, 7) is 4.54. The number of rotatable bonds is 13. The van der Waals surface area contributed by atoms with Gasteiger partial charge in [0.2, 0.25) is 0 Å². The number of halogens is 2. The van der Waals surface area contributed by atoms with Crippen molar-refractivity contribution < 1.29 is 13.5 Å². The van der Waals surface area contributed by atoms with Crippen molar-refractivity contribution in [1.29, 1.82) is 0 Å². The van der Waals surface area contributed by atoms with Gasteiger partial charge in [0, 0.05) is 0 Å². The maximum Gasteiger partial charge on any atom is 0.383 e. The second kappa shape index (κ2) is 14.6. The summed E-state index contributed by atoms with van der Waals surface area (Å²) in [5.74, 6) is 2.93. The molecule has 210 valence electrons. The maximum atomic E-state index is 14.8. The van der Waals surface area contributed by atoms with E-state index in [4.69, 9.17) is 4.74 Å². The third-order valence-electron chi connectivity index (χ3n) is 9.45. The Morgan fingerprint density at radius 3 is 1.71 bits per heavy atom. The van der Waals surface area contributed by atoms with Gasteiger partial charge in [-0.25, -0.2) is 0 Å². The first-order valence-corrected chi connectivity index (χ1v) is 15.7. The molecule has 0 aromatic heterocycles. The highest BCUT2D eigenvalue weighted by Gasteiger charge is 2.33. The molecule has 38 heavy (non-hydrogen) atoms. The smallest absolute Gasteiger partial charge is 0.316 e. The molecule has 0 amide bonds. The molecule has 0 saturated heterocycles. The van der Waals surface area contributed by atoms with Gasteiger partial charge in [-0.15, -0.1) is 0 Å². The normalized spacial score (nSPS) is 24.4. The molecule has 1 nitrogen and oxygen atoms in total. The van der Waals surface area contributed by atoms with Crippen LogP contribution in [0.4, 0.5) is 8.78 Å². The van der Waals surface area contributed by atoms with E-state index in [-0.39, 0.29) is 12.2 Å². The number of hydrogen-bond acceptors (Lipinski definition) is 1. The lowest BCUT2D eigenvalue weighted by molar-refractivity contribution is -0.248. The van der Waals surface area contributed by atoms with Crippen LogP contribution in [0.3, 0.4) is 0 Å². The zero-order valence-electron chi connectivity index (χ0n) is 23.9. The molecule has 2 aromatic carbocycles. The number of benzene rings is 2. The van der Waals surface area contributed by atoms with Crippen molar-refractivity contribution >= 4 is 0 Å². The predicted octanol–water partition coefficient (Wildman–Crippen LogP) is 10.9. The third kappa shape index (κ3) is 8.38. The molecule has 2 fully saturated rings. The summed E-state index contributed by atoms with van der Waals surface area (Å²) in [6, 6.07) is 15.6. The minimum absolute atomic E-state index is 0.0123. The summed E-state index contributed by atoms with van der Waals surface area (Å²) in [5, 5.41) is 0. The van der Waals surface area contributed by atoms with E-state index in [1.165, 1.54) is 101 Å². The molecule has 0 N–H and O–H groups in total. The van der Waals surface area contributed by atoms with E-state index in [1.807, 2.05) is 12.1 Å². The molecule has 0 heterocycles. The topological polar surface area (TPSA) is 9.23 Å². The fourth-order valence-corrected chi connectivity index (χ4v) is 6.95. The van der Waals surface area contributed by atoms with Gasteiger partial charge in [-0.3, -0.25) is 0 Å². The van der Waals surface area contributed by atoms with E-state index in [9.17, 15) is 8.78 Å². The van der Waals surface area contributed by atoms with Gasteiger partial charge in [0.1, 0.15) is 0 Å². The average Bonchev–Trinajstić information content (AvgIpc) is 2.95. The van der Waals surface area contributed by atoms with Crippen LogP contribution in [-0.4, -0.2) is 6.61 Å². The SMILES string of the molecule is CCCCCC1CCC(c2ccc(CCOC(F)(F)c3ccc(C4CCC(CCC)CC4)cc3)cc2)CC1. The molecular formula is C35H50F2O. The van der Waals surface area contributed by atoms with Gasteiger partial charge < -0.3 is 4.74 Å². The van der Waals surface area contributed by atoms with Crippen LogP contribution in [-0.2, 0) is 17.3 Å². The summed E-state index contributed by atoms with van der Waals surface area (Å²) < 4.78 is 34.7. The highest BCUT2D eigenvalue weighted by atomic mass is 19.3. The zero-order valence-corrected chi connectivity index (χ0v) is 23.9. The van der Waals surface area contributed by atoms with Gasteiger partial charge in [0.25, 0.3) is 0 Å². The lowest BCUT2D eigenvalue weighted by Gasteiger charge is -2.29. The molecule has 2 aliphatic rings. The Hall–Kier alpha value is -1.74. The van der Waals surface area contributed by atoms with E-state index < -0.39 is 6.11 Å². The Balaban J connectivity index is 1.20. The predicted molar refractivity (Wildman–Crippen MR) is 155 cm³/mol. The Bertz CT molecular complexity index is 919. The summed E-state index contributed by atoms with van der Waals surface area (Å²) in [6.07, 6.45) is 15.4. The van der Waals surface area contributed by atoms with Crippen molar-refractivity contribution in [3.8, 4) is 0 Å². The maximum absolute atomic E-state index is 14.8. The Morgan fingerprint density at radius 2 is 1.18 bits per heavy atom. The van der Waals surface area contributed by atoms with Gasteiger partial charge in [-0.05, 0) is 98.1 Å². The minimum atomic E-state index is -3.26. The first-order valence-electron chi connectivity index (χ1n) is 15.7. The Kier molecular flexibility index (Phi) is 11.2. The second-order valence-corrected chi connectivity index (χ2v) is 12.2. The monoisotopic (exact) mass is 524 g/mol. The number of hydrogen-bond donors (Lipinski definition) is 0. The van der Waals surface area contributed by atoms with E-state index in [2.05, 4.69) is 38.1 Å². The van der Waals surface area contributed by atoms with Crippen molar-refractivity contribution in [3.63, 3.8) is 0 Å². The Labute approximate surface area is 230 Å². The molecule has 0 atom stereocenters. The van der Waals surface area contributed by atoms with Crippen LogP contribution in [0, 0.1) is 11.8 Å². The molecule has 3 heteroatoms. The number of alkyl halides is 2. The Morgan fingerprint density at radius 1 is 0.658 bits per heavy atom. The summed E-state index contributed by atoms with van der Waals surface area (Å²) >= 11 is 0. The van der Waals surface area contributed by atoms with Crippen molar-refractivity contribution in [2.45, 2.75) is 128 Å². The average molecular weight is 525 g/mol. The quantitative estimate of drug-likeness (QED) is 0.237. The lowest BCUT2D eigenvalue weighted by Crippen LogP contribution is -2.20. The van der Waals surface area contributed by atoms with Gasteiger partial charge in [0.15, 0.2) is 0 Å². The van der Waals surface area contributed by atoms with E-state index in [0.717, 1.165) is 17.4 Å². The van der Waals surface area contributed by atoms with Crippen molar-refractivity contribution in [2.75, 3.05) is 6.61 Å². The summed E-state index contributed by atoms with van der Waals surface area (Å²) in [4.78, 5) is 0. The number of ether oxygens (including phenoxy) is 1. The zero-order chi connectivity index (χ0) is 26.8. The van der Waals surface area contributed by atoms with Crippen LogP contribution >= 0.6 is 0 Å². The molecule has 0 radical (unpaired) electrons. The molecule has 2 saturated carbocycles. The van der Waals surface area contributed by atoms with Gasteiger partial charge in [-0.1, -0.05) is 101 Å². The first kappa shape index (κ1) is 29.2. The molecule has 2 aliphatic carbocycles. The molecule has 0 aliphatic heterocycles. The third-order valence-corrected chi connectivity index (χ3v) is 9.45. The highest BCUT2D eigenvalue weighted by molar-refractivity contribution is 5.28. The molecule has 0 unspecified atom stereocenters. The second-order valence-electron chi connectivity index (χ2n) is 12.2. The van der Waals surface area contributed by atoms with Crippen LogP contribution in [0.2, 0.25) is 0 Å². The molecule has 0 spiro atoms. The minimum Gasteiger partial charge on any atom is -0.316 e. The van der Waals surface area contributed by atoms with Crippen molar-refractivity contribution in [3.05, 3.63) is 70.8 Å². The van der Waals surface area contributed by atoms with Gasteiger partial charge >= 0.3 is 6.11 Å². The van der Waals surface area contributed by atoms with E-state index in [1.54, 1.807) is 12.1 Å². The molecule has 2 aromatic rings. The molecule has 0 bridgehead atoms. The largest absolute Gasteiger partial charge is 0.383 e. The van der Waals surface area contributed by atoms with Crippen molar-refractivity contribution in [1.82, 2.24) is 0 Å². The van der Waals surface area contributed by atoms with Crippen molar-refractivity contribution in [2.24, 2.45) is 11.8 Å². The summed E-state index contributed by atoms with van der Waals surface area (Å²) in [5.41, 5.74) is 3.63. The summed E-state index contributed by atoms with van der Waals surface area (Å²) in [7, 11) is 0. The van der Waals surface area contributed by atoms with Crippen LogP contribution in [0.5, 0.6) is 0 Å². The van der Waals surface area contributed by atoms with E-state index in [0.29, 0.717) is 18.3 Å². The fourth-order valence-electron chi connectivity index (χ4n) is 6.95. The van der Waals surface area contributed by atoms with Crippen LogP contribution < -0.4 is 0 Å². The van der Waals surface area contributed by atoms with Crippen LogP contribution in [0.25, 0.3) is 0 Å². The van der Waals surface area contributed by atoms with Crippen LogP contribution in [0.15, 0.2) is 48.5 Å². The number of unbranched alkanes of at least 4 members (excludes halogenated alkanes) is 2. The molecule has 4 rings (SSSR count). The standard InChI is InChI=1S/C35H50F2O/c1-3-5-6-8-28-11-17-30(18-12-28)31-19-13-29(14-20-31)25-26-38-35(36,37)34-23-21-33(22-24-34)32-15-9-27(7-4-2)10-16-32/h13-14,19-24,27-28,30,32H,3-12,15-18,25-26H2,1-2H3. The molecular weight excluding hydrogens is 474 g/mol. The van der Waals surface area contributed by atoms with Gasteiger partial charge in [-0.2, -0.15) is 8.78 Å². The first-order chi connectivity index (χ1) is 18.5. The van der Waals surface area contributed by atoms with Crippen LogP contribution in [0.1, 0.15) is 138 Å². The van der Waals surface area contributed by atoms with E-state index >= 15 is 0 Å². The fraction of sp³-hybridized carbons (Fsp3) is 0.657. The highest BCUT2D eigenvalue weighted by Crippen LogP contribution is 2.39. The van der Waals surface area contributed by atoms with Gasteiger partial charge in [0.05, 0.1) is 12.2 Å².